The summed E-state index contributed by atoms with van der Waals surface area (Å²) in [5.41, 5.74) is 1.90. The Morgan fingerprint density at radius 2 is 1.54 bits per heavy atom. The van der Waals surface area contributed by atoms with Gasteiger partial charge in [-0.2, -0.15) is 0 Å². The first-order valence-electron chi connectivity index (χ1n) is 12.3. The van der Waals surface area contributed by atoms with Gasteiger partial charge in [0.05, 0.1) is 11.9 Å². The largest absolute Gasteiger partial charge is 0.354 e. The van der Waals surface area contributed by atoms with Crippen LogP contribution in [0.5, 0.6) is 0 Å². The Morgan fingerprint density at radius 3 is 2.00 bits per heavy atom. The first-order valence-corrected chi connectivity index (χ1v) is 14.9. The van der Waals surface area contributed by atoms with E-state index in [1.165, 1.54) is 4.90 Å². The Balaban J connectivity index is 2.48. The summed E-state index contributed by atoms with van der Waals surface area (Å²) in [4.78, 5) is 28.3. The van der Waals surface area contributed by atoms with E-state index in [1.54, 1.807) is 37.3 Å². The van der Waals surface area contributed by atoms with Crippen molar-refractivity contribution in [3.63, 3.8) is 0 Å². The highest BCUT2D eigenvalue weighted by Crippen LogP contribution is 2.28. The van der Waals surface area contributed by atoms with Crippen molar-refractivity contribution in [3.8, 4) is 0 Å². The molecule has 0 saturated carbocycles. The number of anilines is 1. The van der Waals surface area contributed by atoms with E-state index in [1.807, 2.05) is 39.8 Å². The average Bonchev–Trinajstić information content (AvgIpc) is 2.82. The molecule has 0 radical (unpaired) electrons. The zero-order chi connectivity index (χ0) is 27.9. The van der Waals surface area contributed by atoms with Gasteiger partial charge in [-0.1, -0.05) is 76.0 Å². The maximum atomic E-state index is 13.8. The van der Waals surface area contributed by atoms with Gasteiger partial charge in [-0.05, 0) is 48.1 Å². The quantitative estimate of drug-likeness (QED) is 0.367. The van der Waals surface area contributed by atoms with Gasteiger partial charge in [0.15, 0.2) is 0 Å². The standard InChI is InChI=1S/C27H37Cl2N3O4S/c1-7-25(27(34)30-15-18(2)3)31(16-22-23(28)9-8-10-24(22)29)26(33)17-32(37(6,35)36)21-13-11-20(12-14-21)19(4)5/h8-14,18-19,25H,7,15-17H2,1-6H3,(H,30,34)/t25-/m1/s1. The number of carbonyl (C=O) groups excluding carboxylic acids is 2. The van der Waals surface area contributed by atoms with E-state index < -0.39 is 28.5 Å². The SMILES string of the molecule is CC[C@H](C(=O)NCC(C)C)N(Cc1c(Cl)cccc1Cl)C(=O)CN(c1ccc(C(C)C)cc1)S(C)(=O)=O. The van der Waals surface area contributed by atoms with Crippen molar-refractivity contribution in [3.05, 3.63) is 63.6 Å². The molecule has 37 heavy (non-hydrogen) atoms. The third kappa shape index (κ3) is 8.62. The van der Waals surface area contributed by atoms with Crippen LogP contribution in [-0.2, 0) is 26.2 Å². The summed E-state index contributed by atoms with van der Waals surface area (Å²) in [6.07, 6.45) is 1.37. The summed E-state index contributed by atoms with van der Waals surface area (Å²) >= 11 is 12.8. The van der Waals surface area contributed by atoms with Crippen LogP contribution in [0.25, 0.3) is 0 Å². The molecule has 0 aliphatic heterocycles. The summed E-state index contributed by atoms with van der Waals surface area (Å²) in [5.74, 6) is -0.369. The number of hydrogen-bond donors (Lipinski definition) is 1. The zero-order valence-electron chi connectivity index (χ0n) is 22.3. The fourth-order valence-electron chi connectivity index (χ4n) is 3.83. The van der Waals surface area contributed by atoms with E-state index >= 15 is 0 Å². The minimum Gasteiger partial charge on any atom is -0.354 e. The van der Waals surface area contributed by atoms with Crippen LogP contribution in [0.3, 0.4) is 0 Å². The lowest BCUT2D eigenvalue weighted by atomic mass is 10.0. The van der Waals surface area contributed by atoms with Crippen LogP contribution >= 0.6 is 23.2 Å². The van der Waals surface area contributed by atoms with E-state index in [0.29, 0.717) is 34.3 Å². The highest BCUT2D eigenvalue weighted by molar-refractivity contribution is 7.92. The summed E-state index contributed by atoms with van der Waals surface area (Å²) in [6, 6.07) is 11.2. The molecule has 0 fully saturated rings. The van der Waals surface area contributed by atoms with Gasteiger partial charge in [0.25, 0.3) is 0 Å². The molecule has 0 spiro atoms. The van der Waals surface area contributed by atoms with Crippen LogP contribution in [0.4, 0.5) is 5.69 Å². The predicted octanol–water partition coefficient (Wildman–Crippen LogP) is 5.46. The second-order valence-corrected chi connectivity index (χ2v) is 12.5. The fraction of sp³-hybridized carbons (Fsp3) is 0.481. The number of hydrogen-bond acceptors (Lipinski definition) is 4. The highest BCUT2D eigenvalue weighted by Gasteiger charge is 2.32. The lowest BCUT2D eigenvalue weighted by molar-refractivity contribution is -0.140. The molecule has 0 aliphatic carbocycles. The van der Waals surface area contributed by atoms with Gasteiger partial charge < -0.3 is 10.2 Å². The van der Waals surface area contributed by atoms with Gasteiger partial charge in [-0.15, -0.1) is 0 Å². The van der Waals surface area contributed by atoms with Crippen LogP contribution in [-0.4, -0.2) is 50.5 Å². The molecule has 0 heterocycles. The number of nitrogens with one attached hydrogen (secondary N) is 1. The minimum atomic E-state index is -3.81. The van der Waals surface area contributed by atoms with Gasteiger partial charge in [0.1, 0.15) is 12.6 Å². The van der Waals surface area contributed by atoms with Crippen LogP contribution in [0.1, 0.15) is 58.1 Å². The second kappa shape index (κ2) is 13.5. The van der Waals surface area contributed by atoms with E-state index in [9.17, 15) is 18.0 Å². The fourth-order valence-corrected chi connectivity index (χ4v) is 5.20. The molecule has 0 aromatic heterocycles. The summed E-state index contributed by atoms with van der Waals surface area (Å²) < 4.78 is 26.6. The van der Waals surface area contributed by atoms with Gasteiger partial charge in [0, 0.05) is 28.7 Å². The van der Waals surface area contributed by atoms with E-state index in [4.69, 9.17) is 23.2 Å². The van der Waals surface area contributed by atoms with Gasteiger partial charge in [-0.3, -0.25) is 13.9 Å². The Hall–Kier alpha value is -2.29. The molecule has 0 bridgehead atoms. The molecule has 1 N–H and O–H groups in total. The molecule has 0 saturated heterocycles. The molecule has 2 rings (SSSR count). The molecule has 204 valence electrons. The Labute approximate surface area is 231 Å². The second-order valence-electron chi connectivity index (χ2n) is 9.80. The number of benzene rings is 2. The maximum Gasteiger partial charge on any atom is 0.244 e. The molecule has 7 nitrogen and oxygen atoms in total. The van der Waals surface area contributed by atoms with Crippen LogP contribution < -0.4 is 9.62 Å². The van der Waals surface area contributed by atoms with E-state index in [-0.39, 0.29) is 24.3 Å². The monoisotopic (exact) mass is 569 g/mol. The van der Waals surface area contributed by atoms with Crippen molar-refractivity contribution in [1.29, 1.82) is 0 Å². The van der Waals surface area contributed by atoms with Crippen molar-refractivity contribution in [2.45, 2.75) is 59.5 Å². The third-order valence-corrected chi connectivity index (χ3v) is 7.84. The highest BCUT2D eigenvalue weighted by atomic mass is 35.5. The third-order valence-electron chi connectivity index (χ3n) is 5.99. The van der Waals surface area contributed by atoms with Crippen molar-refractivity contribution in [2.75, 3.05) is 23.7 Å². The minimum absolute atomic E-state index is 0.0468. The zero-order valence-corrected chi connectivity index (χ0v) is 24.6. The molecule has 10 heteroatoms. The first kappa shape index (κ1) is 30.9. The smallest absolute Gasteiger partial charge is 0.244 e. The molecular formula is C27H37Cl2N3O4S. The Morgan fingerprint density at radius 1 is 0.973 bits per heavy atom. The maximum absolute atomic E-state index is 13.8. The Bertz CT molecular complexity index is 1160. The number of rotatable bonds is 12. The van der Waals surface area contributed by atoms with Crippen molar-refractivity contribution in [1.82, 2.24) is 10.2 Å². The number of nitrogens with zero attached hydrogens (tertiary/aromatic N) is 2. The molecule has 0 unspecified atom stereocenters. The van der Waals surface area contributed by atoms with Crippen molar-refractivity contribution < 1.29 is 18.0 Å². The summed E-state index contributed by atoms with van der Waals surface area (Å²) in [5, 5.41) is 3.59. The normalized spacial score (nSPS) is 12.5. The molecule has 2 aromatic carbocycles. The van der Waals surface area contributed by atoms with Gasteiger partial charge >= 0.3 is 0 Å². The Kier molecular flexibility index (Phi) is 11.3. The van der Waals surface area contributed by atoms with Crippen molar-refractivity contribution >= 4 is 50.7 Å². The molecule has 1 atom stereocenters. The average molecular weight is 571 g/mol. The molecular weight excluding hydrogens is 533 g/mol. The summed E-state index contributed by atoms with van der Waals surface area (Å²) in [6.45, 7) is 9.75. The first-order chi connectivity index (χ1) is 17.3. The predicted molar refractivity (Wildman–Crippen MR) is 152 cm³/mol. The topological polar surface area (TPSA) is 86.8 Å². The van der Waals surface area contributed by atoms with Crippen LogP contribution in [0.2, 0.25) is 10.0 Å². The summed E-state index contributed by atoms with van der Waals surface area (Å²) in [7, 11) is -3.81. The molecule has 0 aliphatic rings. The number of halogens is 2. The van der Waals surface area contributed by atoms with Crippen LogP contribution in [0.15, 0.2) is 42.5 Å². The molecule has 2 amide bonds. The van der Waals surface area contributed by atoms with E-state index in [0.717, 1.165) is 16.1 Å². The number of sulfonamides is 1. The number of amides is 2. The molecule has 2 aromatic rings. The van der Waals surface area contributed by atoms with Gasteiger partial charge in [-0.25, -0.2) is 8.42 Å². The van der Waals surface area contributed by atoms with E-state index in [2.05, 4.69) is 5.32 Å². The lowest BCUT2D eigenvalue weighted by Crippen LogP contribution is -2.52. The van der Waals surface area contributed by atoms with Crippen molar-refractivity contribution in [2.24, 2.45) is 5.92 Å². The van der Waals surface area contributed by atoms with Gasteiger partial charge in [0.2, 0.25) is 21.8 Å². The van der Waals surface area contributed by atoms with Crippen LogP contribution in [0, 0.1) is 5.92 Å². The lowest BCUT2D eigenvalue weighted by Gasteiger charge is -2.33. The number of carbonyl (C=O) groups is 2.